The average molecular weight is 536 g/mol. The van der Waals surface area contributed by atoms with Crippen molar-refractivity contribution in [2.75, 3.05) is 20.1 Å². The molecule has 3 amide bonds. The number of nitrogens with one attached hydrogen (secondary N) is 2. The average Bonchev–Trinajstić information content (AvgIpc) is 3.33. The standard InChI is InChI=1S/C30H57N5O3/c1-3-4-5-6-7-8-9-10-11-12-13-14-15-16-17-21-28(36)34-25-23-27(29(37)33-2)35(24-25)30(38)26(32)20-18-19-22-31/h10-11,25-27H,3-9,12-24,31-32H2,1-2H3,(H,33,37)(H,34,36)/t25-,26?,27-/m0/s1. The summed E-state index contributed by atoms with van der Waals surface area (Å²) in [5, 5.41) is 5.67. The normalized spacial score (nSPS) is 18.2. The van der Waals surface area contributed by atoms with Gasteiger partial charge < -0.3 is 27.0 Å². The molecule has 1 unspecified atom stereocenters. The lowest BCUT2D eigenvalue weighted by Gasteiger charge is -2.26. The van der Waals surface area contributed by atoms with Crippen molar-refractivity contribution in [2.24, 2.45) is 11.5 Å². The number of amides is 3. The monoisotopic (exact) mass is 535 g/mol. The first-order valence-electron chi connectivity index (χ1n) is 15.4. The van der Waals surface area contributed by atoms with E-state index in [9.17, 15) is 14.4 Å². The molecular weight excluding hydrogens is 478 g/mol. The van der Waals surface area contributed by atoms with Gasteiger partial charge in [0.2, 0.25) is 17.7 Å². The molecule has 0 aromatic heterocycles. The Balaban J connectivity index is 2.20. The van der Waals surface area contributed by atoms with Gasteiger partial charge in [-0.05, 0) is 57.9 Å². The molecule has 1 saturated heterocycles. The van der Waals surface area contributed by atoms with E-state index in [1.165, 1.54) is 57.8 Å². The molecule has 0 bridgehead atoms. The summed E-state index contributed by atoms with van der Waals surface area (Å²) in [6.45, 7) is 3.14. The third-order valence-corrected chi connectivity index (χ3v) is 7.45. The first-order chi connectivity index (χ1) is 18.4. The maximum absolute atomic E-state index is 12.9. The fraction of sp³-hybridized carbons (Fsp3) is 0.833. The van der Waals surface area contributed by atoms with Gasteiger partial charge >= 0.3 is 0 Å². The Hall–Kier alpha value is -1.93. The van der Waals surface area contributed by atoms with E-state index in [0.717, 1.165) is 38.5 Å². The molecule has 3 atom stereocenters. The SMILES string of the molecule is CCCCCCCCC=CCCCCCCCC(=O)N[C@H]1C[C@@H](C(=O)NC)N(C(=O)C(N)CCCCN)C1. The second kappa shape index (κ2) is 21.9. The number of allylic oxidation sites excluding steroid dienone is 2. The Morgan fingerprint density at radius 2 is 1.50 bits per heavy atom. The van der Waals surface area contributed by atoms with Crippen LogP contribution in [0.3, 0.4) is 0 Å². The van der Waals surface area contributed by atoms with Gasteiger partial charge in [0.05, 0.1) is 6.04 Å². The minimum atomic E-state index is -0.654. The van der Waals surface area contributed by atoms with Crippen molar-refractivity contribution in [3.05, 3.63) is 12.2 Å². The Labute approximate surface area is 232 Å². The lowest BCUT2D eigenvalue weighted by atomic mass is 10.1. The third kappa shape index (κ3) is 14.9. The molecule has 0 spiro atoms. The zero-order valence-electron chi connectivity index (χ0n) is 24.4. The molecule has 1 heterocycles. The van der Waals surface area contributed by atoms with Crippen LogP contribution >= 0.6 is 0 Å². The van der Waals surface area contributed by atoms with Crippen LogP contribution in [0.5, 0.6) is 0 Å². The van der Waals surface area contributed by atoms with Gasteiger partial charge in [-0.1, -0.05) is 76.9 Å². The van der Waals surface area contributed by atoms with Crippen LogP contribution in [0.1, 0.15) is 122 Å². The minimum absolute atomic E-state index is 0.00942. The van der Waals surface area contributed by atoms with Gasteiger partial charge in [0.15, 0.2) is 0 Å². The summed E-state index contributed by atoms with van der Waals surface area (Å²) in [4.78, 5) is 39.3. The summed E-state index contributed by atoms with van der Waals surface area (Å²) < 4.78 is 0. The Morgan fingerprint density at radius 3 is 2.11 bits per heavy atom. The van der Waals surface area contributed by atoms with Gasteiger partial charge in [0.25, 0.3) is 0 Å². The van der Waals surface area contributed by atoms with Crippen LogP contribution < -0.4 is 22.1 Å². The van der Waals surface area contributed by atoms with Crippen molar-refractivity contribution in [3.63, 3.8) is 0 Å². The predicted octanol–water partition coefficient (Wildman–Crippen LogP) is 4.31. The van der Waals surface area contributed by atoms with Gasteiger partial charge in [0, 0.05) is 26.1 Å². The number of nitrogens with zero attached hydrogens (tertiary/aromatic N) is 1. The molecule has 0 radical (unpaired) electrons. The minimum Gasteiger partial charge on any atom is -0.357 e. The molecule has 1 aliphatic rings. The van der Waals surface area contributed by atoms with E-state index < -0.39 is 12.1 Å². The zero-order valence-corrected chi connectivity index (χ0v) is 24.4. The lowest BCUT2D eigenvalue weighted by molar-refractivity contribution is -0.139. The smallest absolute Gasteiger partial charge is 0.242 e. The van der Waals surface area contributed by atoms with Gasteiger partial charge in [-0.25, -0.2) is 0 Å². The summed E-state index contributed by atoms with van der Waals surface area (Å²) >= 11 is 0. The highest BCUT2D eigenvalue weighted by atomic mass is 16.2. The van der Waals surface area contributed by atoms with Crippen molar-refractivity contribution in [1.29, 1.82) is 0 Å². The van der Waals surface area contributed by atoms with E-state index in [2.05, 4.69) is 29.7 Å². The number of carbonyl (C=O) groups is 3. The number of likely N-dealkylation sites (N-methyl/N-ethyl adjacent to an activating group) is 1. The number of hydrogen-bond acceptors (Lipinski definition) is 5. The maximum atomic E-state index is 12.9. The van der Waals surface area contributed by atoms with Gasteiger partial charge in [-0.3, -0.25) is 14.4 Å². The first kappa shape index (κ1) is 34.1. The number of hydrogen-bond donors (Lipinski definition) is 4. The summed E-state index contributed by atoms with van der Waals surface area (Å²) in [5.74, 6) is -0.462. The van der Waals surface area contributed by atoms with E-state index in [4.69, 9.17) is 11.5 Å². The molecule has 38 heavy (non-hydrogen) atoms. The molecule has 0 saturated carbocycles. The maximum Gasteiger partial charge on any atom is 0.242 e. The van der Waals surface area contributed by atoms with E-state index >= 15 is 0 Å². The van der Waals surface area contributed by atoms with Gasteiger partial charge in [0.1, 0.15) is 6.04 Å². The van der Waals surface area contributed by atoms with Crippen LogP contribution in [0.4, 0.5) is 0 Å². The highest BCUT2D eigenvalue weighted by molar-refractivity contribution is 5.90. The number of rotatable bonds is 22. The molecule has 0 aromatic rings. The molecule has 1 aliphatic heterocycles. The lowest BCUT2D eigenvalue weighted by Crippen LogP contribution is -2.51. The second-order valence-corrected chi connectivity index (χ2v) is 10.8. The number of nitrogens with two attached hydrogens (primary N) is 2. The van der Waals surface area contributed by atoms with E-state index in [0.29, 0.717) is 32.4 Å². The van der Waals surface area contributed by atoms with Crippen molar-refractivity contribution in [2.45, 2.75) is 141 Å². The van der Waals surface area contributed by atoms with Crippen LogP contribution in [0.2, 0.25) is 0 Å². The number of carbonyl (C=O) groups excluding carboxylic acids is 3. The highest BCUT2D eigenvalue weighted by Crippen LogP contribution is 2.20. The van der Waals surface area contributed by atoms with Crippen LogP contribution in [0.15, 0.2) is 12.2 Å². The first-order valence-corrected chi connectivity index (χ1v) is 15.4. The van der Waals surface area contributed by atoms with Crippen LogP contribution in [0, 0.1) is 0 Å². The van der Waals surface area contributed by atoms with E-state index in [1.807, 2.05) is 0 Å². The fourth-order valence-corrected chi connectivity index (χ4v) is 5.10. The molecule has 8 heteroatoms. The van der Waals surface area contributed by atoms with Crippen molar-refractivity contribution in [1.82, 2.24) is 15.5 Å². The van der Waals surface area contributed by atoms with Crippen LogP contribution in [-0.2, 0) is 14.4 Å². The van der Waals surface area contributed by atoms with E-state index in [1.54, 1.807) is 11.9 Å². The van der Waals surface area contributed by atoms with Crippen molar-refractivity contribution < 1.29 is 14.4 Å². The Morgan fingerprint density at radius 1 is 0.895 bits per heavy atom. The molecule has 8 nitrogen and oxygen atoms in total. The largest absolute Gasteiger partial charge is 0.357 e. The topological polar surface area (TPSA) is 131 Å². The van der Waals surface area contributed by atoms with Crippen LogP contribution in [0.25, 0.3) is 0 Å². The van der Waals surface area contributed by atoms with Crippen molar-refractivity contribution in [3.8, 4) is 0 Å². The quantitative estimate of drug-likeness (QED) is 0.121. The predicted molar refractivity (Wildman–Crippen MR) is 156 cm³/mol. The highest BCUT2D eigenvalue weighted by Gasteiger charge is 2.41. The Kier molecular flexibility index (Phi) is 19.7. The molecule has 6 N–H and O–H groups in total. The molecule has 0 aromatic carbocycles. The summed E-state index contributed by atoms with van der Waals surface area (Å²) in [5.41, 5.74) is 11.6. The second-order valence-electron chi connectivity index (χ2n) is 10.8. The molecule has 1 rings (SSSR count). The van der Waals surface area contributed by atoms with Gasteiger partial charge in [-0.2, -0.15) is 0 Å². The number of likely N-dealkylation sites (tertiary alicyclic amines) is 1. The summed E-state index contributed by atoms with van der Waals surface area (Å²) in [6, 6.07) is -1.48. The van der Waals surface area contributed by atoms with Crippen molar-refractivity contribution >= 4 is 17.7 Å². The van der Waals surface area contributed by atoms with Crippen LogP contribution in [-0.4, -0.2) is 60.9 Å². The third-order valence-electron chi connectivity index (χ3n) is 7.45. The molecule has 220 valence electrons. The molecular formula is C30H57N5O3. The summed E-state index contributed by atoms with van der Waals surface area (Å²) in [6.07, 6.45) is 23.6. The number of unbranched alkanes of at least 4 members (excludes halogenated alkanes) is 12. The molecule has 1 fully saturated rings. The summed E-state index contributed by atoms with van der Waals surface area (Å²) in [7, 11) is 1.56. The zero-order chi connectivity index (χ0) is 28.0. The fourth-order valence-electron chi connectivity index (χ4n) is 5.10. The van der Waals surface area contributed by atoms with Gasteiger partial charge in [-0.15, -0.1) is 0 Å². The molecule has 0 aliphatic carbocycles. The van der Waals surface area contributed by atoms with E-state index in [-0.39, 0.29) is 23.8 Å². The Bertz CT molecular complexity index is 685.